The monoisotopic (exact) mass is 224 g/mol. The maximum Gasteiger partial charge on any atom is 0.118 e. The molecule has 0 fully saturated rings. The smallest absolute Gasteiger partial charge is 0.118 e. The minimum Gasteiger partial charge on any atom is -0.497 e. The number of methoxy groups -OCH3 is 1. The van der Waals surface area contributed by atoms with Gasteiger partial charge in [-0.1, -0.05) is 25.0 Å². The molecule has 1 nitrogen and oxygen atoms in total. The molecule has 2 heteroatoms. The number of hydrogen-bond acceptors (Lipinski definition) is 2. The van der Waals surface area contributed by atoms with Crippen molar-refractivity contribution in [2.45, 2.75) is 32.1 Å². The summed E-state index contributed by atoms with van der Waals surface area (Å²) >= 11 is 4.20. The second kappa shape index (κ2) is 7.63. The van der Waals surface area contributed by atoms with Gasteiger partial charge in [-0.2, -0.15) is 12.6 Å². The molecule has 1 rings (SSSR count). The van der Waals surface area contributed by atoms with Gasteiger partial charge in [-0.25, -0.2) is 0 Å². The van der Waals surface area contributed by atoms with E-state index in [2.05, 4.69) is 24.8 Å². The van der Waals surface area contributed by atoms with Crippen LogP contribution < -0.4 is 4.74 Å². The lowest BCUT2D eigenvalue weighted by molar-refractivity contribution is 0.414. The first kappa shape index (κ1) is 12.4. The minimum atomic E-state index is 0.939. The third-order valence-corrected chi connectivity index (χ3v) is 2.85. The molecule has 0 aromatic heterocycles. The quantitative estimate of drug-likeness (QED) is 0.548. The van der Waals surface area contributed by atoms with Crippen LogP contribution in [0.25, 0.3) is 0 Å². The zero-order chi connectivity index (χ0) is 10.9. The van der Waals surface area contributed by atoms with Gasteiger partial charge in [0.1, 0.15) is 5.75 Å². The summed E-state index contributed by atoms with van der Waals surface area (Å²) in [7, 11) is 1.70. The van der Waals surface area contributed by atoms with Crippen LogP contribution in [0.4, 0.5) is 0 Å². The number of unbranched alkanes of at least 4 members (excludes halogenated alkanes) is 3. The van der Waals surface area contributed by atoms with Crippen LogP contribution in [-0.2, 0) is 6.42 Å². The SMILES string of the molecule is COc1ccc(CCCCCCS)cc1. The lowest BCUT2D eigenvalue weighted by Crippen LogP contribution is -1.87. The predicted octanol–water partition coefficient (Wildman–Crippen LogP) is 3.73. The highest BCUT2D eigenvalue weighted by molar-refractivity contribution is 7.80. The summed E-state index contributed by atoms with van der Waals surface area (Å²) in [6.07, 6.45) is 6.31. The van der Waals surface area contributed by atoms with Gasteiger partial charge in [0, 0.05) is 0 Å². The summed E-state index contributed by atoms with van der Waals surface area (Å²) in [5.74, 6) is 1.96. The van der Waals surface area contributed by atoms with Gasteiger partial charge in [-0.05, 0) is 42.7 Å². The van der Waals surface area contributed by atoms with E-state index >= 15 is 0 Å². The van der Waals surface area contributed by atoms with Gasteiger partial charge in [0.25, 0.3) is 0 Å². The zero-order valence-corrected chi connectivity index (χ0v) is 10.3. The van der Waals surface area contributed by atoms with Gasteiger partial charge >= 0.3 is 0 Å². The van der Waals surface area contributed by atoms with Crippen molar-refractivity contribution in [2.24, 2.45) is 0 Å². The van der Waals surface area contributed by atoms with E-state index in [1.54, 1.807) is 7.11 Å². The summed E-state index contributed by atoms with van der Waals surface area (Å²) < 4.78 is 5.12. The molecule has 15 heavy (non-hydrogen) atoms. The average molecular weight is 224 g/mol. The fraction of sp³-hybridized carbons (Fsp3) is 0.538. The number of hydrogen-bond donors (Lipinski definition) is 1. The normalized spacial score (nSPS) is 10.3. The number of thiol groups is 1. The molecule has 84 valence electrons. The number of benzene rings is 1. The van der Waals surface area contributed by atoms with Crippen molar-refractivity contribution in [3.8, 4) is 5.75 Å². The van der Waals surface area contributed by atoms with Crippen LogP contribution in [0, 0.1) is 0 Å². The molecule has 0 saturated heterocycles. The maximum atomic E-state index is 5.12. The molecule has 0 amide bonds. The molecule has 0 atom stereocenters. The molecule has 0 bridgehead atoms. The summed E-state index contributed by atoms with van der Waals surface area (Å²) in [6.45, 7) is 0. The summed E-state index contributed by atoms with van der Waals surface area (Å²) in [5, 5.41) is 0. The van der Waals surface area contributed by atoms with Gasteiger partial charge in [0.05, 0.1) is 7.11 Å². The molecule has 0 unspecified atom stereocenters. The fourth-order valence-corrected chi connectivity index (χ4v) is 1.81. The first-order valence-electron chi connectivity index (χ1n) is 5.60. The molecule has 0 heterocycles. The first-order chi connectivity index (χ1) is 7.36. The highest BCUT2D eigenvalue weighted by atomic mass is 32.1. The Hall–Kier alpha value is -0.630. The number of ether oxygens (including phenoxy) is 1. The van der Waals surface area contributed by atoms with Crippen LogP contribution in [0.3, 0.4) is 0 Å². The molecule has 0 aliphatic heterocycles. The molecule has 1 aromatic carbocycles. The molecule has 0 saturated carbocycles. The fourth-order valence-electron chi connectivity index (χ4n) is 1.59. The zero-order valence-electron chi connectivity index (χ0n) is 9.41. The van der Waals surface area contributed by atoms with Crippen molar-refractivity contribution < 1.29 is 4.74 Å². The third kappa shape index (κ3) is 5.12. The van der Waals surface area contributed by atoms with Crippen molar-refractivity contribution in [3.63, 3.8) is 0 Å². The van der Waals surface area contributed by atoms with E-state index in [0.29, 0.717) is 0 Å². The predicted molar refractivity (Wildman–Crippen MR) is 69.0 cm³/mol. The highest BCUT2D eigenvalue weighted by Gasteiger charge is 1.94. The Kier molecular flexibility index (Phi) is 6.33. The second-order valence-corrected chi connectivity index (χ2v) is 4.18. The number of aryl methyl sites for hydroxylation is 1. The van der Waals surface area contributed by atoms with Gasteiger partial charge in [0.15, 0.2) is 0 Å². The molecule has 0 radical (unpaired) electrons. The van der Waals surface area contributed by atoms with Crippen molar-refractivity contribution in [1.82, 2.24) is 0 Å². The van der Waals surface area contributed by atoms with E-state index in [1.807, 2.05) is 12.1 Å². The van der Waals surface area contributed by atoms with Crippen LogP contribution >= 0.6 is 12.6 Å². The largest absolute Gasteiger partial charge is 0.497 e. The first-order valence-corrected chi connectivity index (χ1v) is 6.24. The molecular weight excluding hydrogens is 204 g/mol. The summed E-state index contributed by atoms with van der Waals surface area (Å²) in [6, 6.07) is 8.36. The highest BCUT2D eigenvalue weighted by Crippen LogP contribution is 2.13. The van der Waals surface area contributed by atoms with Gasteiger partial charge in [-0.3, -0.25) is 0 Å². The Morgan fingerprint density at radius 1 is 1.00 bits per heavy atom. The molecular formula is C13H20OS. The second-order valence-electron chi connectivity index (χ2n) is 3.74. The molecule has 0 N–H and O–H groups in total. The van der Waals surface area contributed by atoms with Crippen molar-refractivity contribution in [3.05, 3.63) is 29.8 Å². The Balaban J connectivity index is 2.20. The Morgan fingerprint density at radius 2 is 1.67 bits per heavy atom. The van der Waals surface area contributed by atoms with Crippen LogP contribution in [0.1, 0.15) is 31.2 Å². The van der Waals surface area contributed by atoms with E-state index in [-0.39, 0.29) is 0 Å². The van der Waals surface area contributed by atoms with Crippen LogP contribution in [0.15, 0.2) is 24.3 Å². The van der Waals surface area contributed by atoms with Crippen LogP contribution in [-0.4, -0.2) is 12.9 Å². The number of rotatable bonds is 7. The lowest BCUT2D eigenvalue weighted by Gasteiger charge is -2.03. The van der Waals surface area contributed by atoms with Crippen molar-refractivity contribution in [1.29, 1.82) is 0 Å². The van der Waals surface area contributed by atoms with E-state index in [9.17, 15) is 0 Å². The Bertz CT molecular complexity index is 256. The minimum absolute atomic E-state index is 0.939. The Labute approximate surface area is 98.3 Å². The van der Waals surface area contributed by atoms with E-state index in [1.165, 1.54) is 37.7 Å². The summed E-state index contributed by atoms with van der Waals surface area (Å²) in [5.41, 5.74) is 1.40. The summed E-state index contributed by atoms with van der Waals surface area (Å²) in [4.78, 5) is 0. The van der Waals surface area contributed by atoms with Gasteiger partial charge in [-0.15, -0.1) is 0 Å². The van der Waals surface area contributed by atoms with Gasteiger partial charge in [0.2, 0.25) is 0 Å². The van der Waals surface area contributed by atoms with Crippen LogP contribution in [0.2, 0.25) is 0 Å². The standard InChI is InChI=1S/C13H20OS/c1-14-13-9-7-12(8-10-13)6-4-2-3-5-11-15/h7-10,15H,2-6,11H2,1H3. The molecule has 1 aromatic rings. The average Bonchev–Trinajstić information content (AvgIpc) is 2.30. The lowest BCUT2D eigenvalue weighted by atomic mass is 10.1. The van der Waals surface area contributed by atoms with Crippen LogP contribution in [0.5, 0.6) is 5.75 Å². The molecule has 0 aliphatic rings. The molecule has 0 aliphatic carbocycles. The van der Waals surface area contributed by atoms with E-state index < -0.39 is 0 Å². The van der Waals surface area contributed by atoms with Gasteiger partial charge < -0.3 is 4.74 Å². The maximum absolute atomic E-state index is 5.12. The van der Waals surface area contributed by atoms with Crippen molar-refractivity contribution in [2.75, 3.05) is 12.9 Å². The van der Waals surface area contributed by atoms with E-state index in [0.717, 1.165) is 11.5 Å². The van der Waals surface area contributed by atoms with Crippen molar-refractivity contribution >= 4 is 12.6 Å². The molecule has 0 spiro atoms. The Morgan fingerprint density at radius 3 is 2.27 bits per heavy atom. The topological polar surface area (TPSA) is 9.23 Å². The van der Waals surface area contributed by atoms with E-state index in [4.69, 9.17) is 4.74 Å². The third-order valence-electron chi connectivity index (χ3n) is 2.53.